The maximum atomic E-state index is 12.8. The average molecular weight is 502 g/mol. The van der Waals surface area contributed by atoms with Crippen LogP contribution in [0.3, 0.4) is 0 Å². The molecule has 0 saturated heterocycles. The molecule has 1 aromatic heterocycles. The van der Waals surface area contributed by atoms with Gasteiger partial charge in [0.25, 0.3) is 11.5 Å². The second-order valence-electron chi connectivity index (χ2n) is 8.71. The third-order valence-electron chi connectivity index (χ3n) is 5.37. The normalized spacial score (nSPS) is 14.4. The van der Waals surface area contributed by atoms with Gasteiger partial charge in [-0.3, -0.25) is 23.7 Å². The van der Waals surface area contributed by atoms with Crippen molar-refractivity contribution in [2.45, 2.75) is 46.3 Å². The van der Waals surface area contributed by atoms with Crippen LogP contribution in [0, 0.1) is 6.92 Å². The number of nitrogens with zero attached hydrogens (tertiary/aromatic N) is 4. The van der Waals surface area contributed by atoms with Crippen molar-refractivity contribution in [2.24, 2.45) is 0 Å². The molecule has 11 nitrogen and oxygen atoms in total. The van der Waals surface area contributed by atoms with E-state index in [0.29, 0.717) is 0 Å². The van der Waals surface area contributed by atoms with Crippen LogP contribution in [-0.4, -0.2) is 76.5 Å². The monoisotopic (exact) mass is 501 g/mol. The summed E-state index contributed by atoms with van der Waals surface area (Å²) in [7, 11) is 4.29. The summed E-state index contributed by atoms with van der Waals surface area (Å²) < 4.78 is 6.67. The molecule has 1 aliphatic heterocycles. The van der Waals surface area contributed by atoms with Crippen molar-refractivity contribution in [3.05, 3.63) is 57.3 Å². The molecule has 1 aromatic carbocycles. The van der Waals surface area contributed by atoms with Crippen LogP contribution in [0.5, 0.6) is 5.75 Å². The van der Waals surface area contributed by atoms with Gasteiger partial charge in [-0.05, 0) is 12.5 Å². The number of aryl methyl sites for hydroxylation is 1. The third kappa shape index (κ3) is 6.69. The zero-order valence-electron chi connectivity index (χ0n) is 21.7. The lowest BCUT2D eigenvalue weighted by atomic mass is 10.1. The largest absolute Gasteiger partial charge is 0.501 e. The highest BCUT2D eigenvalue weighted by molar-refractivity contribution is 6.34. The van der Waals surface area contributed by atoms with Crippen LogP contribution in [0.25, 0.3) is 0 Å². The Morgan fingerprint density at radius 1 is 1.14 bits per heavy atom. The molecule has 2 heterocycles. The van der Waals surface area contributed by atoms with Crippen LogP contribution in [0.15, 0.2) is 29.1 Å². The second kappa shape index (κ2) is 12.8. The van der Waals surface area contributed by atoms with E-state index >= 15 is 0 Å². The Balaban J connectivity index is 0.00000145. The minimum Gasteiger partial charge on any atom is -0.501 e. The van der Waals surface area contributed by atoms with Crippen LogP contribution >= 0.6 is 0 Å². The van der Waals surface area contributed by atoms with Crippen LogP contribution in [0.1, 0.15) is 53.7 Å². The number of likely N-dealkylation sites (N-methyl/N-ethyl adjacent to an activating group) is 2. The maximum absolute atomic E-state index is 12.8. The summed E-state index contributed by atoms with van der Waals surface area (Å²) in [6, 6.07) is 6.59. The van der Waals surface area contributed by atoms with E-state index in [1.54, 1.807) is 0 Å². The number of hydrogen-bond donors (Lipinski definition) is 2. The third-order valence-corrected chi connectivity index (χ3v) is 5.37. The van der Waals surface area contributed by atoms with E-state index in [2.05, 4.69) is 24.1 Å². The van der Waals surface area contributed by atoms with Gasteiger partial charge in [0.2, 0.25) is 5.75 Å². The van der Waals surface area contributed by atoms with Crippen molar-refractivity contribution in [1.29, 1.82) is 0 Å². The molecule has 1 aliphatic rings. The van der Waals surface area contributed by atoms with Crippen molar-refractivity contribution < 1.29 is 24.2 Å². The summed E-state index contributed by atoms with van der Waals surface area (Å²) in [6.45, 7) is 6.53. The lowest BCUT2D eigenvalue weighted by Gasteiger charge is -2.28. The Kier molecular flexibility index (Phi) is 10.2. The van der Waals surface area contributed by atoms with Crippen LogP contribution < -0.4 is 10.9 Å². The zero-order valence-corrected chi connectivity index (χ0v) is 21.7. The van der Waals surface area contributed by atoms with Gasteiger partial charge in [-0.15, -0.1) is 0 Å². The predicted octanol–water partition coefficient (Wildman–Crippen LogP) is 1.22. The molecule has 3 rings (SSSR count). The summed E-state index contributed by atoms with van der Waals surface area (Å²) in [5, 5.41) is 13.0. The summed E-state index contributed by atoms with van der Waals surface area (Å²) in [5.41, 5.74) is 0.627. The van der Waals surface area contributed by atoms with Crippen molar-refractivity contribution in [3.8, 4) is 5.75 Å². The molecule has 0 saturated carbocycles. The minimum absolute atomic E-state index is 0.0371. The smallest absolute Gasteiger partial charge is 0.312 e. The summed E-state index contributed by atoms with van der Waals surface area (Å²) in [6.07, 6.45) is 1.25. The van der Waals surface area contributed by atoms with Crippen molar-refractivity contribution in [3.63, 3.8) is 0 Å². The number of carbonyl (C=O) groups excluding carboxylic acids is 3. The molecule has 2 aromatic rings. The molecule has 1 unspecified atom stereocenters. The Morgan fingerprint density at radius 2 is 1.75 bits per heavy atom. The van der Waals surface area contributed by atoms with E-state index in [9.17, 15) is 24.3 Å². The van der Waals surface area contributed by atoms with Crippen LogP contribution in [-0.2, 0) is 27.4 Å². The van der Waals surface area contributed by atoms with E-state index in [4.69, 9.17) is 4.74 Å². The van der Waals surface area contributed by atoms with Gasteiger partial charge in [-0.25, -0.2) is 4.98 Å². The standard InChI is InChI=1S/C22H27N5O6.C3H8/c1-13-5-7-14(8-6-13)11-23-19(29)16-17(28)20(30)27-9-10-33-12-15(18(27)24-16)26(4)22(32)21(31)25(2)3;1-3-2/h5-8,15,28H,9-12H2,1-4H3,(H,23,29);3H2,1-2H3. The van der Waals surface area contributed by atoms with Crippen molar-refractivity contribution in [1.82, 2.24) is 24.7 Å². The highest BCUT2D eigenvalue weighted by atomic mass is 16.5. The first-order valence-corrected chi connectivity index (χ1v) is 11.8. The Hall–Kier alpha value is -3.73. The van der Waals surface area contributed by atoms with Gasteiger partial charge in [-0.2, -0.15) is 0 Å². The molecule has 2 N–H and O–H groups in total. The van der Waals surface area contributed by atoms with Crippen molar-refractivity contribution in [2.75, 3.05) is 34.4 Å². The highest BCUT2D eigenvalue weighted by Gasteiger charge is 2.34. The first kappa shape index (κ1) is 28.5. The van der Waals surface area contributed by atoms with Gasteiger partial charge >= 0.3 is 11.8 Å². The number of aromatic hydroxyl groups is 1. The number of hydrogen-bond acceptors (Lipinski definition) is 7. The van der Waals surface area contributed by atoms with Crippen molar-refractivity contribution >= 4 is 17.7 Å². The fourth-order valence-corrected chi connectivity index (χ4v) is 3.36. The van der Waals surface area contributed by atoms with E-state index in [1.165, 1.54) is 27.6 Å². The van der Waals surface area contributed by atoms with Gasteiger partial charge in [0, 0.05) is 27.7 Å². The van der Waals surface area contributed by atoms with E-state index in [1.807, 2.05) is 31.2 Å². The fourth-order valence-electron chi connectivity index (χ4n) is 3.36. The topological polar surface area (TPSA) is 134 Å². The number of amides is 3. The predicted molar refractivity (Wildman–Crippen MR) is 133 cm³/mol. The van der Waals surface area contributed by atoms with Gasteiger partial charge in [0.15, 0.2) is 5.69 Å². The highest BCUT2D eigenvalue weighted by Crippen LogP contribution is 2.23. The Labute approximate surface area is 210 Å². The first-order valence-electron chi connectivity index (χ1n) is 11.8. The molecule has 0 bridgehead atoms. The molecule has 196 valence electrons. The first-order chi connectivity index (χ1) is 17.0. The summed E-state index contributed by atoms with van der Waals surface area (Å²) >= 11 is 0. The Bertz CT molecular complexity index is 1140. The van der Waals surface area contributed by atoms with Crippen LogP contribution in [0.2, 0.25) is 0 Å². The molecule has 0 fully saturated rings. The Morgan fingerprint density at radius 3 is 2.33 bits per heavy atom. The van der Waals surface area contributed by atoms with Gasteiger partial charge in [0.1, 0.15) is 11.9 Å². The number of benzene rings is 1. The van der Waals surface area contributed by atoms with Gasteiger partial charge in [-0.1, -0.05) is 50.1 Å². The van der Waals surface area contributed by atoms with Gasteiger partial charge in [0.05, 0.1) is 19.8 Å². The molecule has 36 heavy (non-hydrogen) atoms. The number of aromatic nitrogens is 2. The SMILES string of the molecule is CCC.Cc1ccc(CNC(=O)c2nc3n(c(=O)c2O)CCOCC3N(C)C(=O)C(=O)N(C)C)cc1. The molecular weight excluding hydrogens is 466 g/mol. The fraction of sp³-hybridized carbons (Fsp3) is 0.480. The maximum Gasteiger partial charge on any atom is 0.312 e. The van der Waals surface area contributed by atoms with Crippen LogP contribution in [0.4, 0.5) is 0 Å². The molecular formula is C25H35N5O6. The number of carbonyl (C=O) groups is 3. The second-order valence-corrected chi connectivity index (χ2v) is 8.71. The number of ether oxygens (including phenoxy) is 1. The average Bonchev–Trinajstić information content (AvgIpc) is 3.07. The molecule has 11 heteroatoms. The lowest BCUT2D eigenvalue weighted by molar-refractivity contribution is -0.151. The zero-order chi connectivity index (χ0) is 27.0. The number of fused-ring (bicyclic) bond motifs is 1. The molecule has 0 spiro atoms. The van der Waals surface area contributed by atoms with E-state index < -0.39 is 40.8 Å². The summed E-state index contributed by atoms with van der Waals surface area (Å²) in [5.74, 6) is -3.06. The van der Waals surface area contributed by atoms with E-state index in [0.717, 1.165) is 25.5 Å². The number of nitrogens with one attached hydrogen (secondary N) is 1. The molecule has 0 radical (unpaired) electrons. The quantitative estimate of drug-likeness (QED) is 0.602. The summed E-state index contributed by atoms with van der Waals surface area (Å²) in [4.78, 5) is 56.9. The molecule has 0 aliphatic carbocycles. The number of rotatable bonds is 4. The molecule has 1 atom stereocenters. The minimum atomic E-state index is -0.916. The molecule has 3 amide bonds. The lowest BCUT2D eigenvalue weighted by Crippen LogP contribution is -2.44. The van der Waals surface area contributed by atoms with E-state index in [-0.39, 0.29) is 32.1 Å². The van der Waals surface area contributed by atoms with Gasteiger partial charge < -0.3 is 25.0 Å².